The number of hydrogen-bond donors (Lipinski definition) is 2. The Morgan fingerprint density at radius 2 is 1.00 bits per heavy atom. The second kappa shape index (κ2) is 4.45. The van der Waals surface area contributed by atoms with Crippen LogP contribution < -0.4 is 16.5 Å². The number of nitrogen functional groups attached to an aromatic ring is 2. The number of hydrogen-bond acceptors (Lipinski definition) is 4. The van der Waals surface area contributed by atoms with Crippen molar-refractivity contribution in [2.45, 2.75) is 0 Å². The van der Waals surface area contributed by atoms with E-state index in [9.17, 15) is 0 Å². The average Bonchev–Trinajstić information content (AvgIpc) is 2.90. The molecule has 0 saturated heterocycles. The summed E-state index contributed by atoms with van der Waals surface area (Å²) in [5.41, 5.74) is 14.5. The molecule has 0 aliphatic rings. The Balaban J connectivity index is 1.95. The number of benzene rings is 2. The molecule has 0 aliphatic heterocycles. The minimum Gasteiger partial charge on any atom is -0.399 e. The van der Waals surface area contributed by atoms with Crippen LogP contribution in [0.2, 0.25) is 0 Å². The molecule has 3 aromatic rings. The second-order valence-electron chi connectivity index (χ2n) is 4.20. The highest BCUT2D eigenvalue weighted by atomic mass is 15.2. The van der Waals surface area contributed by atoms with Crippen molar-refractivity contribution < 1.29 is 0 Å². The molecule has 0 unspecified atom stereocenters. The lowest BCUT2D eigenvalue weighted by Crippen LogP contribution is -1.87. The molecule has 2 aromatic carbocycles. The Hall–Kier alpha value is -2.82. The quantitative estimate of drug-likeness (QED) is 0.678. The van der Waals surface area contributed by atoms with E-state index in [0.717, 1.165) is 11.1 Å². The molecule has 94 valence electrons. The van der Waals surface area contributed by atoms with E-state index in [1.807, 2.05) is 48.5 Å². The van der Waals surface area contributed by atoms with Crippen molar-refractivity contribution in [1.29, 1.82) is 0 Å². The van der Waals surface area contributed by atoms with Gasteiger partial charge in [-0.2, -0.15) is 0 Å². The first-order valence-corrected chi connectivity index (χ1v) is 5.81. The third kappa shape index (κ3) is 2.26. The van der Waals surface area contributed by atoms with Gasteiger partial charge in [-0.1, -0.05) is 24.3 Å². The van der Waals surface area contributed by atoms with Gasteiger partial charge in [0.2, 0.25) is 0 Å². The predicted octanol–water partition coefficient (Wildman–Crippen LogP) is 1.93. The van der Waals surface area contributed by atoms with Gasteiger partial charge in [-0.25, -0.2) is 0 Å². The van der Waals surface area contributed by atoms with Crippen molar-refractivity contribution in [2.75, 3.05) is 11.5 Å². The van der Waals surface area contributed by atoms with Crippen molar-refractivity contribution in [3.63, 3.8) is 0 Å². The molecule has 1 heterocycles. The minimum atomic E-state index is 0.590. The highest BCUT2D eigenvalue weighted by molar-refractivity contribution is 5.63. The summed E-state index contributed by atoms with van der Waals surface area (Å²) < 4.78 is 0. The van der Waals surface area contributed by atoms with Crippen LogP contribution in [0.4, 0.5) is 11.4 Å². The normalized spacial score (nSPS) is 10.5. The summed E-state index contributed by atoms with van der Waals surface area (Å²) >= 11 is 0. The largest absolute Gasteiger partial charge is 0.399 e. The molecule has 0 radical (unpaired) electrons. The highest BCUT2D eigenvalue weighted by Gasteiger charge is 1.99. The van der Waals surface area contributed by atoms with Gasteiger partial charge in [0.1, 0.15) is 0 Å². The average molecular weight is 250 g/mol. The Morgan fingerprint density at radius 1 is 0.632 bits per heavy atom. The molecule has 5 nitrogen and oxygen atoms in total. The number of rotatable bonds is 2. The van der Waals surface area contributed by atoms with Gasteiger partial charge < -0.3 is 26.6 Å². The van der Waals surface area contributed by atoms with Crippen molar-refractivity contribution in [2.24, 2.45) is 0 Å². The standard InChI is InChI=1S/C14H12N5/c15-11-5-1-9(2-6-11)13-17-14(19-18-13)10-3-7-12(16)8-4-10/h1-8H,15-16H2/q-1. The summed E-state index contributed by atoms with van der Waals surface area (Å²) in [5, 5.41) is 8.16. The van der Waals surface area contributed by atoms with Crippen LogP contribution in [0.5, 0.6) is 0 Å². The monoisotopic (exact) mass is 250 g/mol. The Morgan fingerprint density at radius 3 is 1.37 bits per heavy atom. The van der Waals surface area contributed by atoms with E-state index >= 15 is 0 Å². The summed E-state index contributed by atoms with van der Waals surface area (Å²) in [4.78, 5) is 4.41. The van der Waals surface area contributed by atoms with E-state index in [-0.39, 0.29) is 0 Å². The van der Waals surface area contributed by atoms with E-state index in [4.69, 9.17) is 11.5 Å². The minimum absolute atomic E-state index is 0.590. The Labute approximate surface area is 110 Å². The van der Waals surface area contributed by atoms with E-state index in [2.05, 4.69) is 15.2 Å². The number of nitrogens with zero attached hydrogens (tertiary/aromatic N) is 3. The number of anilines is 2. The van der Waals surface area contributed by atoms with E-state index < -0.39 is 0 Å². The molecule has 3 rings (SSSR count). The van der Waals surface area contributed by atoms with E-state index in [1.54, 1.807) is 0 Å². The third-order valence-corrected chi connectivity index (χ3v) is 2.79. The van der Waals surface area contributed by atoms with Gasteiger partial charge in [-0.15, -0.1) is 0 Å². The Bertz CT molecular complexity index is 623. The van der Waals surface area contributed by atoms with Gasteiger partial charge in [-0.3, -0.25) is 0 Å². The first-order valence-electron chi connectivity index (χ1n) is 5.81. The SMILES string of the molecule is Nc1ccc(-c2nnc(-c3ccc(N)cc3)[n-]2)cc1. The summed E-state index contributed by atoms with van der Waals surface area (Å²) in [7, 11) is 0. The molecule has 0 aliphatic carbocycles. The fraction of sp³-hybridized carbons (Fsp3) is 0. The molecule has 0 atom stereocenters. The van der Waals surface area contributed by atoms with Crippen LogP contribution in [0.25, 0.3) is 22.8 Å². The maximum Gasteiger partial charge on any atom is 0.0314 e. The molecule has 5 heteroatoms. The number of aromatic nitrogens is 3. The highest BCUT2D eigenvalue weighted by Crippen LogP contribution is 2.20. The molecule has 1 aromatic heterocycles. The van der Waals surface area contributed by atoms with Crippen LogP contribution in [0.3, 0.4) is 0 Å². The van der Waals surface area contributed by atoms with Gasteiger partial charge in [0.25, 0.3) is 0 Å². The molecule has 19 heavy (non-hydrogen) atoms. The molecule has 4 N–H and O–H groups in total. The van der Waals surface area contributed by atoms with E-state index in [1.165, 1.54) is 0 Å². The molecule has 0 saturated carbocycles. The van der Waals surface area contributed by atoms with Gasteiger partial charge in [0.05, 0.1) is 0 Å². The van der Waals surface area contributed by atoms with Gasteiger partial charge in [-0.05, 0) is 35.4 Å². The summed E-state index contributed by atoms with van der Waals surface area (Å²) in [6.45, 7) is 0. The predicted molar refractivity (Wildman–Crippen MR) is 75.0 cm³/mol. The summed E-state index contributed by atoms with van der Waals surface area (Å²) in [6, 6.07) is 14.8. The maximum absolute atomic E-state index is 5.65. The van der Waals surface area contributed by atoms with Gasteiger partial charge >= 0.3 is 0 Å². The third-order valence-electron chi connectivity index (χ3n) is 2.79. The Kier molecular flexibility index (Phi) is 2.64. The zero-order chi connectivity index (χ0) is 13.2. The lowest BCUT2D eigenvalue weighted by atomic mass is 10.2. The van der Waals surface area contributed by atoms with Crippen LogP contribution in [0, 0.1) is 0 Å². The zero-order valence-electron chi connectivity index (χ0n) is 10.1. The first kappa shape index (κ1) is 11.3. The maximum atomic E-state index is 5.65. The van der Waals surface area contributed by atoms with Crippen molar-refractivity contribution in [3.8, 4) is 22.8 Å². The fourth-order valence-electron chi connectivity index (χ4n) is 1.75. The smallest absolute Gasteiger partial charge is 0.0314 e. The van der Waals surface area contributed by atoms with Crippen molar-refractivity contribution in [1.82, 2.24) is 15.2 Å². The first-order chi connectivity index (χ1) is 9.22. The van der Waals surface area contributed by atoms with Crippen LogP contribution in [-0.4, -0.2) is 10.2 Å². The van der Waals surface area contributed by atoms with E-state index in [0.29, 0.717) is 23.0 Å². The van der Waals surface area contributed by atoms with Gasteiger partial charge in [0.15, 0.2) is 0 Å². The summed E-state index contributed by atoms with van der Waals surface area (Å²) in [6.07, 6.45) is 0. The van der Waals surface area contributed by atoms with Crippen LogP contribution in [0.15, 0.2) is 48.5 Å². The van der Waals surface area contributed by atoms with Crippen molar-refractivity contribution >= 4 is 11.4 Å². The van der Waals surface area contributed by atoms with Crippen LogP contribution >= 0.6 is 0 Å². The fourth-order valence-corrected chi connectivity index (χ4v) is 1.75. The lowest BCUT2D eigenvalue weighted by Gasteiger charge is -2.02. The lowest BCUT2D eigenvalue weighted by molar-refractivity contribution is 1.10. The molecule has 0 fully saturated rings. The summed E-state index contributed by atoms with van der Waals surface area (Å²) in [5.74, 6) is 1.18. The molecule has 0 spiro atoms. The molecular weight excluding hydrogens is 238 g/mol. The zero-order valence-corrected chi connectivity index (χ0v) is 10.1. The van der Waals surface area contributed by atoms with Crippen molar-refractivity contribution in [3.05, 3.63) is 48.5 Å². The van der Waals surface area contributed by atoms with Crippen LogP contribution in [0.1, 0.15) is 0 Å². The molecule has 0 amide bonds. The molecular formula is C14H12N5-. The molecule has 0 bridgehead atoms. The van der Waals surface area contributed by atoms with Crippen LogP contribution in [-0.2, 0) is 0 Å². The van der Waals surface area contributed by atoms with Gasteiger partial charge in [0, 0.05) is 23.0 Å². The number of nitrogens with two attached hydrogens (primary N) is 2. The topological polar surface area (TPSA) is 91.9 Å². The second-order valence-corrected chi connectivity index (χ2v) is 4.20.